The van der Waals surface area contributed by atoms with E-state index in [9.17, 15) is 20.0 Å². The summed E-state index contributed by atoms with van der Waals surface area (Å²) in [6.45, 7) is 1.60. The van der Waals surface area contributed by atoms with Crippen LogP contribution in [0.1, 0.15) is 21.7 Å². The van der Waals surface area contributed by atoms with Gasteiger partial charge >= 0.3 is 0 Å². The quantitative estimate of drug-likeness (QED) is 0.405. The van der Waals surface area contributed by atoms with Gasteiger partial charge in [-0.25, -0.2) is 5.43 Å². The highest BCUT2D eigenvalue weighted by molar-refractivity contribution is 6.01. The van der Waals surface area contributed by atoms with E-state index >= 15 is 0 Å². The molecule has 0 aliphatic carbocycles. The highest BCUT2D eigenvalue weighted by Gasteiger charge is 2.21. The van der Waals surface area contributed by atoms with Gasteiger partial charge in [-0.2, -0.15) is 5.10 Å². The highest BCUT2D eigenvalue weighted by atomic mass is 16.6. The molecular formula is C18H14N4O5. The Labute approximate surface area is 153 Å². The normalized spacial score (nSPS) is 10.9. The first kappa shape index (κ1) is 17.8. The minimum Gasteiger partial charge on any atom is -0.507 e. The molecule has 0 spiro atoms. The van der Waals surface area contributed by atoms with E-state index in [0.29, 0.717) is 17.0 Å². The molecule has 0 atom stereocenters. The van der Waals surface area contributed by atoms with E-state index in [1.807, 2.05) is 18.2 Å². The molecule has 0 saturated carbocycles. The number of aromatic nitrogens is 1. The number of benzene rings is 2. The number of carbonyl (C=O) groups excluding carboxylic acids is 1. The number of hydrogen-bond acceptors (Lipinski definition) is 7. The summed E-state index contributed by atoms with van der Waals surface area (Å²) in [6.07, 6.45) is 1.12. The zero-order chi connectivity index (χ0) is 19.4. The number of phenols is 1. The average molecular weight is 366 g/mol. The third kappa shape index (κ3) is 3.82. The number of nitrogens with zero attached hydrogens (tertiary/aromatic N) is 3. The summed E-state index contributed by atoms with van der Waals surface area (Å²) in [4.78, 5) is 22.7. The molecule has 136 valence electrons. The summed E-state index contributed by atoms with van der Waals surface area (Å²) in [5.74, 6) is -0.446. The van der Waals surface area contributed by atoms with Gasteiger partial charge in [0.05, 0.1) is 11.1 Å². The Hall–Kier alpha value is -4.01. The molecule has 2 aromatic carbocycles. The van der Waals surface area contributed by atoms with Gasteiger partial charge in [-0.3, -0.25) is 14.9 Å². The molecule has 1 heterocycles. The van der Waals surface area contributed by atoms with Crippen LogP contribution in [0.4, 0.5) is 5.69 Å². The SMILES string of the molecule is Cc1onc(-c2ccccc2)c1C(=O)N/N=C\c1cc([N+](=O)[O-])ccc1O. The minimum absolute atomic E-state index is 0.0924. The molecule has 3 rings (SSSR count). The molecule has 2 N–H and O–H groups in total. The van der Waals surface area contributed by atoms with Crippen molar-refractivity contribution in [3.05, 3.63) is 75.5 Å². The number of carbonyl (C=O) groups is 1. The van der Waals surface area contributed by atoms with E-state index in [1.165, 1.54) is 6.07 Å². The fourth-order valence-corrected chi connectivity index (χ4v) is 2.41. The van der Waals surface area contributed by atoms with Crippen molar-refractivity contribution in [1.82, 2.24) is 10.6 Å². The summed E-state index contributed by atoms with van der Waals surface area (Å²) in [5, 5.41) is 28.2. The number of aryl methyl sites for hydroxylation is 1. The zero-order valence-corrected chi connectivity index (χ0v) is 14.1. The molecule has 1 aromatic heterocycles. The number of rotatable bonds is 5. The van der Waals surface area contributed by atoms with Crippen LogP contribution < -0.4 is 5.43 Å². The van der Waals surface area contributed by atoms with Crippen LogP contribution in [0.3, 0.4) is 0 Å². The van der Waals surface area contributed by atoms with E-state index in [-0.39, 0.29) is 22.6 Å². The lowest BCUT2D eigenvalue weighted by Gasteiger charge is -2.02. The first-order valence-corrected chi connectivity index (χ1v) is 7.80. The largest absolute Gasteiger partial charge is 0.507 e. The smallest absolute Gasteiger partial charge is 0.277 e. The molecule has 3 aromatic rings. The van der Waals surface area contributed by atoms with Crippen LogP contribution in [-0.4, -0.2) is 27.3 Å². The third-order valence-electron chi connectivity index (χ3n) is 3.73. The van der Waals surface area contributed by atoms with Gasteiger partial charge in [0, 0.05) is 23.3 Å². The molecule has 0 bridgehead atoms. The Bertz CT molecular complexity index is 1030. The van der Waals surface area contributed by atoms with Crippen LogP contribution in [0, 0.1) is 17.0 Å². The fourth-order valence-electron chi connectivity index (χ4n) is 2.41. The number of amides is 1. The van der Waals surface area contributed by atoms with Crippen molar-refractivity contribution in [2.24, 2.45) is 5.10 Å². The molecular weight excluding hydrogens is 352 g/mol. The lowest BCUT2D eigenvalue weighted by Crippen LogP contribution is -2.18. The zero-order valence-electron chi connectivity index (χ0n) is 14.1. The van der Waals surface area contributed by atoms with Gasteiger partial charge in [0.1, 0.15) is 22.8 Å². The Morgan fingerprint density at radius 3 is 2.74 bits per heavy atom. The van der Waals surface area contributed by atoms with Crippen molar-refractivity contribution < 1.29 is 19.3 Å². The van der Waals surface area contributed by atoms with E-state index in [1.54, 1.807) is 19.1 Å². The second kappa shape index (κ2) is 7.48. The van der Waals surface area contributed by atoms with Gasteiger partial charge < -0.3 is 9.63 Å². The van der Waals surface area contributed by atoms with Gasteiger partial charge in [0.15, 0.2) is 0 Å². The summed E-state index contributed by atoms with van der Waals surface area (Å²) >= 11 is 0. The summed E-state index contributed by atoms with van der Waals surface area (Å²) < 4.78 is 5.12. The number of aromatic hydroxyl groups is 1. The van der Waals surface area contributed by atoms with Crippen LogP contribution in [0.2, 0.25) is 0 Å². The number of phenolic OH excluding ortho intramolecular Hbond substituents is 1. The van der Waals surface area contributed by atoms with E-state index in [4.69, 9.17) is 4.52 Å². The molecule has 0 unspecified atom stereocenters. The predicted octanol–water partition coefficient (Wildman–Crippen LogP) is 3.03. The maximum atomic E-state index is 12.5. The number of nitro groups is 1. The number of hydrogen-bond donors (Lipinski definition) is 2. The van der Waals surface area contributed by atoms with Crippen LogP contribution in [0.15, 0.2) is 58.2 Å². The minimum atomic E-state index is -0.595. The van der Waals surface area contributed by atoms with Crippen molar-refractivity contribution in [2.45, 2.75) is 6.92 Å². The van der Waals surface area contributed by atoms with Gasteiger partial charge in [-0.1, -0.05) is 35.5 Å². The lowest BCUT2D eigenvalue weighted by atomic mass is 10.1. The van der Waals surface area contributed by atoms with Crippen molar-refractivity contribution >= 4 is 17.8 Å². The second-order valence-electron chi connectivity index (χ2n) is 5.53. The molecule has 0 aliphatic heterocycles. The predicted molar refractivity (Wildman–Crippen MR) is 96.5 cm³/mol. The van der Waals surface area contributed by atoms with E-state index in [2.05, 4.69) is 15.7 Å². The molecule has 9 heteroatoms. The van der Waals surface area contributed by atoms with Crippen LogP contribution in [0.25, 0.3) is 11.3 Å². The van der Waals surface area contributed by atoms with Crippen molar-refractivity contribution in [3.8, 4) is 17.0 Å². The molecule has 0 radical (unpaired) electrons. The number of hydrazone groups is 1. The molecule has 0 aliphatic rings. The summed E-state index contributed by atoms with van der Waals surface area (Å²) in [5.41, 5.74) is 3.50. The topological polar surface area (TPSA) is 131 Å². The first-order chi connectivity index (χ1) is 13.0. The van der Waals surface area contributed by atoms with Crippen LogP contribution in [0.5, 0.6) is 5.75 Å². The van der Waals surface area contributed by atoms with Crippen molar-refractivity contribution in [1.29, 1.82) is 0 Å². The van der Waals surface area contributed by atoms with Crippen LogP contribution in [-0.2, 0) is 0 Å². The van der Waals surface area contributed by atoms with Crippen LogP contribution >= 0.6 is 0 Å². The second-order valence-corrected chi connectivity index (χ2v) is 5.53. The molecule has 0 fully saturated rings. The third-order valence-corrected chi connectivity index (χ3v) is 3.73. The Morgan fingerprint density at radius 1 is 1.30 bits per heavy atom. The van der Waals surface area contributed by atoms with Crippen molar-refractivity contribution in [2.75, 3.05) is 0 Å². The standard InChI is InChI=1S/C18H14N4O5/c1-11-16(17(21-27-11)12-5-3-2-4-6-12)18(24)20-19-10-13-9-14(22(25)26)7-8-15(13)23/h2-10,23H,1H3,(H,20,24)/b19-10-. The number of nitro benzene ring substituents is 1. The van der Waals surface area contributed by atoms with Gasteiger partial charge in [-0.15, -0.1) is 0 Å². The molecule has 27 heavy (non-hydrogen) atoms. The fraction of sp³-hybridized carbons (Fsp3) is 0.0556. The number of non-ortho nitro benzene ring substituents is 1. The highest BCUT2D eigenvalue weighted by Crippen LogP contribution is 2.25. The van der Waals surface area contributed by atoms with Gasteiger partial charge in [0.2, 0.25) is 0 Å². The van der Waals surface area contributed by atoms with E-state index in [0.717, 1.165) is 18.3 Å². The monoisotopic (exact) mass is 366 g/mol. The Kier molecular flexibility index (Phi) is 4.93. The number of nitrogens with one attached hydrogen (secondary N) is 1. The maximum Gasteiger partial charge on any atom is 0.277 e. The lowest BCUT2D eigenvalue weighted by molar-refractivity contribution is -0.384. The van der Waals surface area contributed by atoms with Crippen molar-refractivity contribution in [3.63, 3.8) is 0 Å². The van der Waals surface area contributed by atoms with E-state index < -0.39 is 10.8 Å². The molecule has 0 saturated heterocycles. The average Bonchev–Trinajstić information content (AvgIpc) is 3.05. The van der Waals surface area contributed by atoms with Gasteiger partial charge in [0.25, 0.3) is 11.6 Å². The summed E-state index contributed by atoms with van der Waals surface area (Å²) in [7, 11) is 0. The summed E-state index contributed by atoms with van der Waals surface area (Å²) in [6, 6.07) is 12.5. The Morgan fingerprint density at radius 2 is 2.04 bits per heavy atom. The first-order valence-electron chi connectivity index (χ1n) is 7.80. The Balaban J connectivity index is 1.82. The maximum absolute atomic E-state index is 12.5. The van der Waals surface area contributed by atoms with Gasteiger partial charge in [-0.05, 0) is 13.0 Å². The molecule has 1 amide bonds. The molecule has 9 nitrogen and oxygen atoms in total.